The van der Waals surface area contributed by atoms with Crippen LogP contribution in [0.5, 0.6) is 0 Å². The van der Waals surface area contributed by atoms with Gasteiger partial charge in [-0.3, -0.25) is 9.59 Å². The number of ether oxygens (including phenoxy) is 1. The highest BCUT2D eigenvalue weighted by molar-refractivity contribution is 5.84. The van der Waals surface area contributed by atoms with Crippen LogP contribution in [0.2, 0.25) is 0 Å². The average molecular weight is 494 g/mol. The van der Waals surface area contributed by atoms with Crippen molar-refractivity contribution in [2.24, 2.45) is 0 Å². The Labute approximate surface area is 199 Å². The molecule has 2 amide bonds. The van der Waals surface area contributed by atoms with Gasteiger partial charge in [0.05, 0.1) is 7.11 Å². The quantitative estimate of drug-likeness (QED) is 0.150. The number of hydrogen-bond donors (Lipinski definition) is 2. The minimum Gasteiger partial charge on any atom is -0.467 e. The van der Waals surface area contributed by atoms with Gasteiger partial charge < -0.3 is 44.7 Å². The van der Waals surface area contributed by atoms with Crippen LogP contribution in [0.25, 0.3) is 0 Å². The van der Waals surface area contributed by atoms with Crippen molar-refractivity contribution in [1.29, 1.82) is 0 Å². The number of nitrogens with one attached hydrogen (secondary N) is 2. The third kappa shape index (κ3) is 9.18. The molecular weight excluding hydrogens is 468 g/mol. The largest absolute Gasteiger partial charge is 0.467 e. The number of methoxy groups -OCH3 is 1. The molecule has 0 aromatic carbocycles. The number of carbonyl (C=O) groups excluding carboxylic acids is 3. The molecule has 16 heteroatoms. The number of nitro groups is 2. The number of esters is 1. The number of carbonyl (C=O) groups is 3. The van der Waals surface area contributed by atoms with Gasteiger partial charge in [0.15, 0.2) is 0 Å². The second kappa shape index (κ2) is 13.4. The lowest BCUT2D eigenvalue weighted by atomic mass is 10.1. The molecule has 0 aliphatic carbocycles. The summed E-state index contributed by atoms with van der Waals surface area (Å²) < 4.78 is 7.59. The maximum atomic E-state index is 12.2. The molecule has 0 saturated heterocycles. The van der Waals surface area contributed by atoms with Crippen LogP contribution >= 0.6 is 0 Å². The van der Waals surface area contributed by atoms with Gasteiger partial charge >= 0.3 is 17.6 Å². The molecular formula is C19H26N8O8. The molecule has 0 bridgehead atoms. The fourth-order valence-electron chi connectivity index (χ4n) is 3.04. The lowest BCUT2D eigenvalue weighted by Gasteiger charge is -2.16. The highest BCUT2D eigenvalue weighted by atomic mass is 16.6. The zero-order chi connectivity index (χ0) is 25.8. The first-order valence-corrected chi connectivity index (χ1v) is 10.7. The third-order valence-electron chi connectivity index (χ3n) is 4.87. The van der Waals surface area contributed by atoms with Crippen molar-refractivity contribution in [2.45, 2.75) is 51.2 Å². The van der Waals surface area contributed by atoms with E-state index in [2.05, 4.69) is 20.6 Å². The zero-order valence-electron chi connectivity index (χ0n) is 19.0. The first kappa shape index (κ1) is 26.9. The normalized spacial score (nSPS) is 11.5. The van der Waals surface area contributed by atoms with Gasteiger partial charge in [-0.25, -0.2) is 4.79 Å². The van der Waals surface area contributed by atoms with Gasteiger partial charge in [0.25, 0.3) is 0 Å². The molecule has 2 aromatic heterocycles. The molecule has 0 unspecified atom stereocenters. The Morgan fingerprint density at radius 1 is 0.971 bits per heavy atom. The average Bonchev–Trinajstić information content (AvgIpc) is 3.50. The smallest absolute Gasteiger partial charge is 0.381 e. The monoisotopic (exact) mass is 494 g/mol. The highest BCUT2D eigenvalue weighted by Crippen LogP contribution is 2.08. The molecule has 2 rings (SSSR count). The molecule has 16 nitrogen and oxygen atoms in total. The summed E-state index contributed by atoms with van der Waals surface area (Å²) in [6.07, 6.45) is 6.44. The van der Waals surface area contributed by atoms with Gasteiger partial charge in [0.1, 0.15) is 18.4 Å². The molecule has 2 aromatic rings. The molecule has 35 heavy (non-hydrogen) atoms. The van der Waals surface area contributed by atoms with Crippen molar-refractivity contribution >= 4 is 29.4 Å². The number of aromatic nitrogens is 4. The van der Waals surface area contributed by atoms with Gasteiger partial charge in [-0.15, -0.1) is 0 Å². The summed E-state index contributed by atoms with van der Waals surface area (Å²) in [5, 5.41) is 26.6. The van der Waals surface area contributed by atoms with E-state index >= 15 is 0 Å². The van der Waals surface area contributed by atoms with Gasteiger partial charge in [-0.2, -0.15) is 0 Å². The van der Waals surface area contributed by atoms with Crippen LogP contribution in [-0.4, -0.2) is 66.4 Å². The van der Waals surface area contributed by atoms with E-state index in [1.807, 2.05) is 0 Å². The van der Waals surface area contributed by atoms with E-state index in [9.17, 15) is 34.6 Å². The van der Waals surface area contributed by atoms with Crippen molar-refractivity contribution in [3.63, 3.8) is 0 Å². The maximum absolute atomic E-state index is 12.2. The number of amides is 2. The minimum absolute atomic E-state index is 0.0167. The number of nitrogens with zero attached hydrogens (tertiary/aromatic N) is 6. The molecule has 0 spiro atoms. The molecule has 2 heterocycles. The minimum atomic E-state index is -0.864. The van der Waals surface area contributed by atoms with E-state index in [0.29, 0.717) is 25.8 Å². The summed E-state index contributed by atoms with van der Waals surface area (Å²) in [6, 6.07) is -0.864. The Hall–Kier alpha value is -4.37. The van der Waals surface area contributed by atoms with Crippen LogP contribution in [0.4, 0.5) is 11.6 Å². The second-order valence-corrected chi connectivity index (χ2v) is 7.44. The van der Waals surface area contributed by atoms with Crippen molar-refractivity contribution in [2.75, 3.05) is 13.7 Å². The molecule has 0 aliphatic rings. The number of imidazole rings is 2. The molecule has 2 N–H and O–H groups in total. The first-order chi connectivity index (χ1) is 16.7. The predicted octanol–water partition coefficient (Wildman–Crippen LogP) is 0.321. The summed E-state index contributed by atoms with van der Waals surface area (Å²) in [5.41, 5.74) is 0. The third-order valence-corrected chi connectivity index (χ3v) is 4.87. The summed E-state index contributed by atoms with van der Waals surface area (Å²) in [4.78, 5) is 63.3. The summed E-state index contributed by atoms with van der Waals surface area (Å²) in [6.45, 7) is 0.749. The van der Waals surface area contributed by atoms with Crippen molar-refractivity contribution < 1.29 is 29.0 Å². The Morgan fingerprint density at radius 2 is 1.51 bits per heavy atom. The lowest BCUT2D eigenvalue weighted by Crippen LogP contribution is -2.41. The van der Waals surface area contributed by atoms with Gasteiger partial charge in [-0.1, -0.05) is 0 Å². The van der Waals surface area contributed by atoms with Gasteiger partial charge in [-0.05, 0) is 39.1 Å². The molecule has 190 valence electrons. The second-order valence-electron chi connectivity index (χ2n) is 7.44. The number of rotatable bonds is 15. The van der Waals surface area contributed by atoms with Crippen LogP contribution in [0.1, 0.15) is 32.1 Å². The topological polar surface area (TPSA) is 206 Å². The Kier molecular flexibility index (Phi) is 10.3. The molecule has 1 atom stereocenters. The van der Waals surface area contributed by atoms with Crippen molar-refractivity contribution in [3.05, 3.63) is 45.3 Å². The molecule has 0 aliphatic heterocycles. The van der Waals surface area contributed by atoms with Crippen molar-refractivity contribution in [3.8, 4) is 0 Å². The fraction of sp³-hybridized carbons (Fsp3) is 0.526. The van der Waals surface area contributed by atoms with E-state index in [-0.39, 0.29) is 43.5 Å². The van der Waals surface area contributed by atoms with Crippen LogP contribution in [0.15, 0.2) is 25.0 Å². The Bertz CT molecular complexity index is 1050. The van der Waals surface area contributed by atoms with Gasteiger partial charge in [0, 0.05) is 32.5 Å². The Morgan fingerprint density at radius 3 is 2.00 bits per heavy atom. The number of unbranched alkanes of at least 4 members (excludes halogenated alkanes) is 1. The number of aryl methyl sites for hydroxylation is 2. The summed E-state index contributed by atoms with van der Waals surface area (Å²) >= 11 is 0. The van der Waals surface area contributed by atoms with Gasteiger partial charge in [0.2, 0.25) is 24.5 Å². The lowest BCUT2D eigenvalue weighted by molar-refractivity contribution is -0.389. The van der Waals surface area contributed by atoms with Crippen LogP contribution < -0.4 is 10.6 Å². The van der Waals surface area contributed by atoms with Crippen LogP contribution in [0, 0.1) is 20.2 Å². The first-order valence-electron chi connectivity index (χ1n) is 10.7. The summed E-state index contributed by atoms with van der Waals surface area (Å²) in [5.74, 6) is -1.88. The maximum Gasteiger partial charge on any atom is 0.381 e. The number of hydrogen-bond acceptors (Lipinski definition) is 10. The van der Waals surface area contributed by atoms with E-state index in [1.54, 1.807) is 0 Å². The molecule has 0 radical (unpaired) electrons. The highest BCUT2D eigenvalue weighted by Gasteiger charge is 2.21. The van der Waals surface area contributed by atoms with E-state index in [0.717, 1.165) is 0 Å². The van der Waals surface area contributed by atoms with E-state index in [4.69, 9.17) is 4.74 Å². The molecule has 0 saturated carbocycles. The van der Waals surface area contributed by atoms with Crippen molar-refractivity contribution in [1.82, 2.24) is 29.7 Å². The van der Waals surface area contributed by atoms with Crippen LogP contribution in [0.3, 0.4) is 0 Å². The molecule has 0 fully saturated rings. The van der Waals surface area contributed by atoms with E-state index in [1.165, 1.54) is 41.3 Å². The van der Waals surface area contributed by atoms with E-state index < -0.39 is 27.8 Å². The predicted molar refractivity (Wildman–Crippen MR) is 118 cm³/mol. The zero-order valence-corrected chi connectivity index (χ0v) is 19.0. The summed E-state index contributed by atoms with van der Waals surface area (Å²) in [7, 11) is 1.21. The SMILES string of the molecule is COC(=O)[C@H](CCCCNC(=O)CCn1cnc([N+](=O)[O-])c1)NC(=O)CCn1cnc([N+](=O)[O-])c1. The van der Waals surface area contributed by atoms with Crippen LogP contribution in [-0.2, 0) is 32.2 Å². The Balaban J connectivity index is 1.66. The fourth-order valence-corrected chi connectivity index (χ4v) is 3.04. The standard InChI is InChI=1S/C19H26N8O8/c1-35-19(30)14(23-18(29)6-9-25-11-16(22-13-25)27(33)34)4-2-3-7-20-17(28)5-8-24-10-15(21-12-24)26(31)32/h10-14H,2-9H2,1H3,(H,20,28)(H,23,29)/t14-/m0/s1.